The lowest BCUT2D eigenvalue weighted by molar-refractivity contribution is 0.151. The van der Waals surface area contributed by atoms with E-state index in [9.17, 15) is 8.78 Å². The van der Waals surface area contributed by atoms with Crippen molar-refractivity contribution in [2.24, 2.45) is 0 Å². The quantitative estimate of drug-likeness (QED) is 0.663. The maximum Gasteiger partial charge on any atom is 0.266 e. The first-order valence-electron chi connectivity index (χ1n) is 3.13. The van der Waals surface area contributed by atoms with Gasteiger partial charge in [-0.15, -0.1) is 0 Å². The van der Waals surface area contributed by atoms with Crippen LogP contribution in [-0.4, -0.2) is 0 Å². The molecule has 0 atom stereocenters. The topological polar surface area (TPSA) is 23.8 Å². The highest BCUT2D eigenvalue weighted by Gasteiger charge is 2.15. The number of hydrogen-bond donors (Lipinski definition) is 0. The molecule has 0 bridgehead atoms. The van der Waals surface area contributed by atoms with Crippen molar-refractivity contribution < 1.29 is 8.78 Å². The molecule has 0 aliphatic rings. The summed E-state index contributed by atoms with van der Waals surface area (Å²) in [6, 6.07) is 5.77. The molecule has 0 radical (unpaired) electrons. The molecule has 0 N–H and O–H groups in total. The third kappa shape index (κ3) is 1.54. The average molecular weight is 188 g/mol. The van der Waals surface area contributed by atoms with Crippen LogP contribution >= 0.6 is 11.6 Å². The lowest BCUT2D eigenvalue weighted by atomic mass is 10.1. The van der Waals surface area contributed by atoms with Crippen LogP contribution in [-0.2, 0) is 0 Å². The summed E-state index contributed by atoms with van der Waals surface area (Å²) in [5.41, 5.74) is -0.459. The Balaban J connectivity index is 3.32. The number of nitriles is 1. The molecule has 1 nitrogen and oxygen atoms in total. The van der Waals surface area contributed by atoms with Crippen molar-refractivity contribution in [1.29, 1.82) is 5.26 Å². The van der Waals surface area contributed by atoms with Gasteiger partial charge < -0.3 is 0 Å². The summed E-state index contributed by atoms with van der Waals surface area (Å²) < 4.78 is 24.5. The van der Waals surface area contributed by atoms with Gasteiger partial charge in [-0.05, 0) is 12.1 Å². The van der Waals surface area contributed by atoms with Crippen LogP contribution in [0, 0.1) is 11.3 Å². The lowest BCUT2D eigenvalue weighted by Crippen LogP contribution is -1.90. The molecular formula is C8H4ClF2N. The van der Waals surface area contributed by atoms with Gasteiger partial charge in [-0.1, -0.05) is 17.7 Å². The minimum Gasteiger partial charge on any atom is -0.205 e. The van der Waals surface area contributed by atoms with E-state index in [1.165, 1.54) is 18.2 Å². The van der Waals surface area contributed by atoms with Gasteiger partial charge >= 0.3 is 0 Å². The van der Waals surface area contributed by atoms with Crippen molar-refractivity contribution in [3.05, 3.63) is 34.3 Å². The third-order valence-corrected chi connectivity index (χ3v) is 1.72. The standard InChI is InChI=1S/C8H4ClF2N/c9-6-3-1-2-5(4-12)7(6)8(10)11/h1-3,8H. The molecule has 0 aliphatic carbocycles. The Bertz CT molecular complexity index is 330. The number of halogens is 3. The summed E-state index contributed by atoms with van der Waals surface area (Å²) in [6.07, 6.45) is -2.70. The second-order valence-electron chi connectivity index (χ2n) is 2.11. The smallest absolute Gasteiger partial charge is 0.205 e. The summed E-state index contributed by atoms with van der Waals surface area (Å²) in [7, 11) is 0. The Hall–Kier alpha value is -1.14. The first kappa shape index (κ1) is 8.95. The summed E-state index contributed by atoms with van der Waals surface area (Å²) >= 11 is 5.47. The Kier molecular flexibility index (Phi) is 2.61. The Morgan fingerprint density at radius 2 is 2.08 bits per heavy atom. The molecule has 62 valence electrons. The first-order chi connectivity index (χ1) is 5.66. The predicted molar refractivity (Wildman–Crippen MR) is 41.1 cm³/mol. The second kappa shape index (κ2) is 3.51. The fourth-order valence-electron chi connectivity index (χ4n) is 0.856. The monoisotopic (exact) mass is 187 g/mol. The van der Waals surface area contributed by atoms with E-state index in [2.05, 4.69) is 0 Å². The van der Waals surface area contributed by atoms with Crippen molar-refractivity contribution in [2.75, 3.05) is 0 Å². The molecule has 0 unspecified atom stereocenters. The van der Waals surface area contributed by atoms with E-state index in [0.717, 1.165) is 0 Å². The van der Waals surface area contributed by atoms with Crippen LogP contribution in [0.4, 0.5) is 8.78 Å². The maximum atomic E-state index is 12.2. The van der Waals surface area contributed by atoms with Crippen molar-refractivity contribution in [2.45, 2.75) is 6.43 Å². The number of benzene rings is 1. The van der Waals surface area contributed by atoms with Crippen LogP contribution in [0.2, 0.25) is 5.02 Å². The second-order valence-corrected chi connectivity index (χ2v) is 2.52. The Labute approximate surface area is 73.2 Å². The van der Waals surface area contributed by atoms with Gasteiger partial charge in [0.05, 0.1) is 22.2 Å². The SMILES string of the molecule is N#Cc1cccc(Cl)c1C(F)F. The zero-order chi connectivity index (χ0) is 9.14. The van der Waals surface area contributed by atoms with E-state index in [0.29, 0.717) is 0 Å². The van der Waals surface area contributed by atoms with Gasteiger partial charge in [0.2, 0.25) is 0 Å². The zero-order valence-electron chi connectivity index (χ0n) is 5.89. The van der Waals surface area contributed by atoms with Crippen molar-refractivity contribution >= 4 is 11.6 Å². The molecule has 1 aromatic carbocycles. The average Bonchev–Trinajstić information content (AvgIpc) is 2.03. The van der Waals surface area contributed by atoms with E-state index >= 15 is 0 Å². The van der Waals surface area contributed by atoms with Gasteiger partial charge in [-0.25, -0.2) is 8.78 Å². The molecule has 0 saturated heterocycles. The van der Waals surface area contributed by atoms with E-state index in [1.807, 2.05) is 0 Å². The largest absolute Gasteiger partial charge is 0.266 e. The Morgan fingerprint density at radius 1 is 1.42 bits per heavy atom. The molecule has 4 heteroatoms. The van der Waals surface area contributed by atoms with E-state index in [4.69, 9.17) is 16.9 Å². The van der Waals surface area contributed by atoms with Gasteiger partial charge in [-0.2, -0.15) is 5.26 Å². The van der Waals surface area contributed by atoms with Gasteiger partial charge in [-0.3, -0.25) is 0 Å². The molecule has 0 aromatic heterocycles. The minimum atomic E-state index is -2.70. The van der Waals surface area contributed by atoms with Crippen LogP contribution in [0.5, 0.6) is 0 Å². The van der Waals surface area contributed by atoms with Crippen molar-refractivity contribution in [1.82, 2.24) is 0 Å². The van der Waals surface area contributed by atoms with Crippen LogP contribution < -0.4 is 0 Å². The molecule has 0 saturated carbocycles. The van der Waals surface area contributed by atoms with Crippen LogP contribution in [0.3, 0.4) is 0 Å². The fraction of sp³-hybridized carbons (Fsp3) is 0.125. The molecule has 12 heavy (non-hydrogen) atoms. The van der Waals surface area contributed by atoms with E-state index in [-0.39, 0.29) is 16.1 Å². The van der Waals surface area contributed by atoms with Crippen molar-refractivity contribution in [3.63, 3.8) is 0 Å². The number of alkyl halides is 2. The van der Waals surface area contributed by atoms with Crippen molar-refractivity contribution in [3.8, 4) is 6.07 Å². The van der Waals surface area contributed by atoms with E-state index < -0.39 is 6.43 Å². The summed E-state index contributed by atoms with van der Waals surface area (Å²) in [5.74, 6) is 0. The molecule has 1 rings (SSSR count). The van der Waals surface area contributed by atoms with E-state index in [1.54, 1.807) is 6.07 Å². The summed E-state index contributed by atoms with van der Waals surface area (Å²) in [6.45, 7) is 0. The van der Waals surface area contributed by atoms with Gasteiger partial charge in [0.25, 0.3) is 6.43 Å². The van der Waals surface area contributed by atoms with Crippen LogP contribution in [0.1, 0.15) is 17.6 Å². The molecule has 0 aliphatic heterocycles. The molecular weight excluding hydrogens is 184 g/mol. The minimum absolute atomic E-state index is 0.0657. The van der Waals surface area contributed by atoms with Crippen LogP contribution in [0.25, 0.3) is 0 Å². The predicted octanol–water partition coefficient (Wildman–Crippen LogP) is 3.15. The molecule has 0 spiro atoms. The maximum absolute atomic E-state index is 12.2. The molecule has 0 fully saturated rings. The molecule has 0 heterocycles. The Morgan fingerprint density at radius 3 is 2.50 bits per heavy atom. The normalized spacial score (nSPS) is 9.92. The lowest BCUT2D eigenvalue weighted by Gasteiger charge is -2.03. The van der Waals surface area contributed by atoms with Gasteiger partial charge in [0.15, 0.2) is 0 Å². The molecule has 1 aromatic rings. The van der Waals surface area contributed by atoms with Gasteiger partial charge in [0, 0.05) is 0 Å². The number of nitrogens with zero attached hydrogens (tertiary/aromatic N) is 1. The van der Waals surface area contributed by atoms with Gasteiger partial charge in [0.1, 0.15) is 0 Å². The number of hydrogen-bond acceptors (Lipinski definition) is 1. The third-order valence-electron chi connectivity index (χ3n) is 1.39. The van der Waals surface area contributed by atoms with Crippen LogP contribution in [0.15, 0.2) is 18.2 Å². The zero-order valence-corrected chi connectivity index (χ0v) is 6.65. The highest BCUT2D eigenvalue weighted by Crippen LogP contribution is 2.29. The summed E-state index contributed by atoms with van der Waals surface area (Å²) in [4.78, 5) is 0. The summed E-state index contributed by atoms with van der Waals surface area (Å²) in [5, 5.41) is 8.38. The number of rotatable bonds is 1. The fourth-order valence-corrected chi connectivity index (χ4v) is 1.11. The highest BCUT2D eigenvalue weighted by molar-refractivity contribution is 6.31. The molecule has 0 amide bonds. The first-order valence-corrected chi connectivity index (χ1v) is 3.51. The highest BCUT2D eigenvalue weighted by atomic mass is 35.5.